The Hall–Kier alpha value is -2.25. The maximum absolute atomic E-state index is 12.6. The summed E-state index contributed by atoms with van der Waals surface area (Å²) in [5.74, 6) is -0.465. The van der Waals surface area contributed by atoms with Gasteiger partial charge in [-0.25, -0.2) is 4.90 Å². The van der Waals surface area contributed by atoms with Crippen molar-refractivity contribution in [3.63, 3.8) is 0 Å². The highest BCUT2D eigenvalue weighted by Gasteiger charge is 2.42. The summed E-state index contributed by atoms with van der Waals surface area (Å²) in [6.07, 6.45) is 0.185. The molecule has 2 amide bonds. The monoisotopic (exact) mass is 318 g/mol. The quantitative estimate of drug-likeness (QED) is 0.461. The van der Waals surface area contributed by atoms with Crippen molar-refractivity contribution in [3.8, 4) is 5.75 Å². The van der Waals surface area contributed by atoms with Crippen LogP contribution in [-0.2, 0) is 19.1 Å². The molecule has 0 N–H and O–H groups in total. The van der Waals surface area contributed by atoms with E-state index < -0.39 is 12.0 Å². The summed E-state index contributed by atoms with van der Waals surface area (Å²) in [6, 6.07) is 5.93. The van der Waals surface area contributed by atoms with E-state index in [2.05, 4.69) is 0 Å². The first-order valence-corrected chi connectivity index (χ1v) is 7.53. The van der Waals surface area contributed by atoms with E-state index >= 15 is 0 Å². The molecule has 0 aliphatic carbocycles. The van der Waals surface area contributed by atoms with Gasteiger partial charge < -0.3 is 9.47 Å². The molecule has 7 heteroatoms. The molecule has 2 saturated heterocycles. The molecule has 2 aliphatic heterocycles. The molecular formula is C16H18N2O5. The van der Waals surface area contributed by atoms with E-state index in [1.807, 2.05) is 4.90 Å². The third-order valence-corrected chi connectivity index (χ3v) is 3.97. The Morgan fingerprint density at radius 1 is 1.17 bits per heavy atom. The van der Waals surface area contributed by atoms with Crippen molar-refractivity contribution in [1.29, 1.82) is 0 Å². The van der Waals surface area contributed by atoms with E-state index in [9.17, 15) is 14.4 Å². The molecule has 1 aromatic rings. The maximum atomic E-state index is 12.6. The van der Waals surface area contributed by atoms with Crippen molar-refractivity contribution >= 4 is 23.5 Å². The highest BCUT2D eigenvalue weighted by molar-refractivity contribution is 6.22. The van der Waals surface area contributed by atoms with Gasteiger partial charge in [-0.1, -0.05) is 0 Å². The number of carbonyl (C=O) groups excluding carboxylic acids is 3. The smallest absolute Gasteiger partial charge is 0.308 e. The van der Waals surface area contributed by atoms with E-state index in [0.29, 0.717) is 37.7 Å². The second-order valence-electron chi connectivity index (χ2n) is 5.52. The number of imide groups is 1. The molecule has 0 saturated carbocycles. The first kappa shape index (κ1) is 15.6. The van der Waals surface area contributed by atoms with Crippen LogP contribution < -0.4 is 9.64 Å². The summed E-state index contributed by atoms with van der Waals surface area (Å²) in [7, 11) is 0. The molecule has 0 spiro atoms. The van der Waals surface area contributed by atoms with Crippen LogP contribution in [0.25, 0.3) is 0 Å². The zero-order chi connectivity index (χ0) is 16.4. The second-order valence-corrected chi connectivity index (χ2v) is 5.52. The van der Waals surface area contributed by atoms with E-state index in [4.69, 9.17) is 9.47 Å². The summed E-state index contributed by atoms with van der Waals surface area (Å²) < 4.78 is 10.2. The van der Waals surface area contributed by atoms with Gasteiger partial charge >= 0.3 is 5.97 Å². The third-order valence-electron chi connectivity index (χ3n) is 3.97. The van der Waals surface area contributed by atoms with Gasteiger partial charge in [0.2, 0.25) is 5.91 Å². The molecule has 1 atom stereocenters. The Morgan fingerprint density at radius 3 is 2.43 bits per heavy atom. The van der Waals surface area contributed by atoms with Crippen molar-refractivity contribution < 1.29 is 23.9 Å². The Labute approximate surface area is 133 Å². The van der Waals surface area contributed by atoms with Crippen LogP contribution in [0.1, 0.15) is 13.3 Å². The molecule has 3 rings (SSSR count). The fourth-order valence-electron chi connectivity index (χ4n) is 2.89. The van der Waals surface area contributed by atoms with Crippen LogP contribution in [0.5, 0.6) is 5.75 Å². The Morgan fingerprint density at radius 2 is 1.83 bits per heavy atom. The van der Waals surface area contributed by atoms with Crippen LogP contribution in [0.3, 0.4) is 0 Å². The largest absolute Gasteiger partial charge is 0.427 e. The molecule has 0 bridgehead atoms. The molecule has 2 fully saturated rings. The van der Waals surface area contributed by atoms with Crippen molar-refractivity contribution in [2.75, 3.05) is 31.2 Å². The van der Waals surface area contributed by atoms with Gasteiger partial charge in [0.25, 0.3) is 5.91 Å². The fraction of sp³-hybridized carbons (Fsp3) is 0.438. The van der Waals surface area contributed by atoms with Crippen molar-refractivity contribution in [1.82, 2.24) is 4.90 Å². The lowest BCUT2D eigenvalue weighted by Crippen LogP contribution is -2.47. The first-order chi connectivity index (χ1) is 11.1. The highest BCUT2D eigenvalue weighted by atomic mass is 16.5. The Bertz CT molecular complexity index is 622. The van der Waals surface area contributed by atoms with Gasteiger partial charge in [0.15, 0.2) is 0 Å². The van der Waals surface area contributed by atoms with Crippen LogP contribution in [0.4, 0.5) is 5.69 Å². The number of hydrogen-bond donors (Lipinski definition) is 0. The normalized spacial score (nSPS) is 22.5. The lowest BCUT2D eigenvalue weighted by molar-refractivity contribution is -0.132. The molecule has 0 radical (unpaired) electrons. The number of nitrogens with zero attached hydrogens (tertiary/aromatic N) is 2. The zero-order valence-electron chi connectivity index (χ0n) is 12.9. The summed E-state index contributed by atoms with van der Waals surface area (Å²) in [4.78, 5) is 39.0. The number of morpholine rings is 1. The minimum atomic E-state index is -0.418. The van der Waals surface area contributed by atoms with Crippen LogP contribution in [0.2, 0.25) is 0 Å². The molecule has 1 aromatic carbocycles. The van der Waals surface area contributed by atoms with Crippen molar-refractivity contribution in [3.05, 3.63) is 24.3 Å². The minimum absolute atomic E-state index is 0.185. The van der Waals surface area contributed by atoms with Gasteiger partial charge in [-0.15, -0.1) is 0 Å². The minimum Gasteiger partial charge on any atom is -0.427 e. The number of benzene rings is 1. The average Bonchev–Trinajstić information content (AvgIpc) is 2.83. The standard InChI is InChI=1S/C16H18N2O5/c1-11(19)23-13-4-2-12(3-5-13)18-15(20)10-14(16(18)21)17-6-8-22-9-7-17/h2-5,14H,6-10H2,1H3/t14-/m0/s1. The number of amides is 2. The van der Waals surface area contributed by atoms with Crippen LogP contribution >= 0.6 is 0 Å². The van der Waals surface area contributed by atoms with Crippen LogP contribution in [-0.4, -0.2) is 55.0 Å². The summed E-state index contributed by atoms with van der Waals surface area (Å²) >= 11 is 0. The maximum Gasteiger partial charge on any atom is 0.308 e. The molecule has 2 aliphatic rings. The topological polar surface area (TPSA) is 76.2 Å². The van der Waals surface area contributed by atoms with Gasteiger partial charge in [0, 0.05) is 20.0 Å². The third kappa shape index (κ3) is 3.25. The number of anilines is 1. The van der Waals surface area contributed by atoms with Crippen molar-refractivity contribution in [2.24, 2.45) is 0 Å². The summed E-state index contributed by atoms with van der Waals surface area (Å²) in [6.45, 7) is 3.78. The average molecular weight is 318 g/mol. The van der Waals surface area contributed by atoms with Gasteiger partial charge in [0.05, 0.1) is 31.4 Å². The predicted molar refractivity (Wildman–Crippen MR) is 81.0 cm³/mol. The molecule has 0 aromatic heterocycles. The fourth-order valence-corrected chi connectivity index (χ4v) is 2.89. The van der Waals surface area contributed by atoms with Gasteiger partial charge in [-0.3, -0.25) is 19.3 Å². The number of rotatable bonds is 3. The van der Waals surface area contributed by atoms with E-state index in [0.717, 1.165) is 0 Å². The van der Waals surface area contributed by atoms with Gasteiger partial charge in [-0.05, 0) is 24.3 Å². The number of esters is 1. The van der Waals surface area contributed by atoms with Crippen molar-refractivity contribution in [2.45, 2.75) is 19.4 Å². The second kappa shape index (κ2) is 6.47. The SMILES string of the molecule is CC(=O)Oc1ccc(N2C(=O)C[C@H](N3CCOCC3)C2=O)cc1. The lowest BCUT2D eigenvalue weighted by Gasteiger charge is -2.30. The number of ether oxygens (including phenoxy) is 2. The highest BCUT2D eigenvalue weighted by Crippen LogP contribution is 2.27. The molecule has 0 unspecified atom stereocenters. The Balaban J connectivity index is 1.75. The van der Waals surface area contributed by atoms with Gasteiger partial charge in [0.1, 0.15) is 5.75 Å². The number of carbonyl (C=O) groups is 3. The first-order valence-electron chi connectivity index (χ1n) is 7.53. The molecule has 2 heterocycles. The molecular weight excluding hydrogens is 300 g/mol. The molecule has 122 valence electrons. The molecule has 7 nitrogen and oxygen atoms in total. The zero-order valence-corrected chi connectivity index (χ0v) is 12.9. The van der Waals surface area contributed by atoms with Crippen LogP contribution in [0, 0.1) is 0 Å². The predicted octanol–water partition coefficient (Wildman–Crippen LogP) is 0.576. The summed E-state index contributed by atoms with van der Waals surface area (Å²) in [5, 5.41) is 0. The van der Waals surface area contributed by atoms with E-state index in [1.165, 1.54) is 11.8 Å². The van der Waals surface area contributed by atoms with Gasteiger partial charge in [-0.2, -0.15) is 0 Å². The van der Waals surface area contributed by atoms with Crippen LogP contribution in [0.15, 0.2) is 24.3 Å². The molecule has 23 heavy (non-hydrogen) atoms. The lowest BCUT2D eigenvalue weighted by atomic mass is 10.2. The Kier molecular flexibility index (Phi) is 4.40. The van der Waals surface area contributed by atoms with E-state index in [1.54, 1.807) is 24.3 Å². The van der Waals surface area contributed by atoms with E-state index in [-0.39, 0.29) is 18.2 Å². The summed E-state index contributed by atoms with van der Waals surface area (Å²) in [5.41, 5.74) is 0.492. The number of hydrogen-bond acceptors (Lipinski definition) is 6.